The Balaban J connectivity index is 2.06. The van der Waals surface area contributed by atoms with E-state index in [2.05, 4.69) is 5.32 Å². The first kappa shape index (κ1) is 19.4. The molecule has 0 aliphatic heterocycles. The number of alkyl carbamates (subject to hydrolysis) is 1. The van der Waals surface area contributed by atoms with Gasteiger partial charge >= 0.3 is 12.1 Å². The summed E-state index contributed by atoms with van der Waals surface area (Å²) in [4.78, 5) is 23.2. The summed E-state index contributed by atoms with van der Waals surface area (Å²) in [6.45, 7) is 5.11. The van der Waals surface area contributed by atoms with Crippen LogP contribution in [-0.4, -0.2) is 35.9 Å². The number of nitrogens with one attached hydrogen (secondary N) is 1. The van der Waals surface area contributed by atoms with E-state index in [1.165, 1.54) is 0 Å². The smallest absolute Gasteiger partial charge is 0.408 e. The molecule has 0 fully saturated rings. The lowest BCUT2D eigenvalue weighted by Gasteiger charge is -2.21. The highest BCUT2D eigenvalue weighted by molar-refractivity contribution is 5.80. The summed E-state index contributed by atoms with van der Waals surface area (Å²) in [5, 5.41) is 11.7. The number of carboxylic acids is 1. The van der Waals surface area contributed by atoms with Crippen molar-refractivity contribution in [1.82, 2.24) is 5.32 Å². The fourth-order valence-electron chi connectivity index (χ4n) is 2.25. The Morgan fingerprint density at radius 3 is 2.35 bits per heavy atom. The molecule has 0 spiro atoms. The number of hydrogen-bond donors (Lipinski definition) is 2. The predicted molar refractivity (Wildman–Crippen MR) is 95.2 cm³/mol. The van der Waals surface area contributed by atoms with Crippen molar-refractivity contribution in [3.05, 3.63) is 42.2 Å². The van der Waals surface area contributed by atoms with Gasteiger partial charge in [0.1, 0.15) is 28.9 Å². The number of carboxylic acid groups (broad SMARTS) is 1. The first-order valence-corrected chi connectivity index (χ1v) is 8.13. The molecule has 7 heteroatoms. The van der Waals surface area contributed by atoms with Crippen LogP contribution in [0.25, 0.3) is 11.3 Å². The fraction of sp³-hybridized carbons (Fsp3) is 0.368. The van der Waals surface area contributed by atoms with Crippen molar-refractivity contribution in [3.8, 4) is 17.1 Å². The Morgan fingerprint density at radius 2 is 1.81 bits per heavy atom. The summed E-state index contributed by atoms with van der Waals surface area (Å²) >= 11 is 0. The molecule has 26 heavy (non-hydrogen) atoms. The van der Waals surface area contributed by atoms with Crippen molar-refractivity contribution in [2.75, 3.05) is 7.11 Å². The lowest BCUT2D eigenvalue weighted by Crippen LogP contribution is -2.44. The van der Waals surface area contributed by atoms with E-state index in [4.69, 9.17) is 13.9 Å². The predicted octanol–water partition coefficient (Wildman–Crippen LogP) is 3.48. The molecule has 2 aromatic rings. The third-order valence-corrected chi connectivity index (χ3v) is 3.43. The van der Waals surface area contributed by atoms with Crippen LogP contribution in [0.3, 0.4) is 0 Å². The molecule has 0 saturated heterocycles. The molecule has 0 saturated carbocycles. The van der Waals surface area contributed by atoms with E-state index in [9.17, 15) is 14.7 Å². The maximum absolute atomic E-state index is 11.8. The monoisotopic (exact) mass is 361 g/mol. The minimum Gasteiger partial charge on any atom is -0.497 e. The Bertz CT molecular complexity index is 757. The Morgan fingerprint density at radius 1 is 1.15 bits per heavy atom. The highest BCUT2D eigenvalue weighted by atomic mass is 16.6. The number of carbonyl (C=O) groups is 2. The third kappa shape index (κ3) is 5.54. The summed E-state index contributed by atoms with van der Waals surface area (Å²) in [6, 6.07) is 9.59. The number of hydrogen-bond acceptors (Lipinski definition) is 5. The summed E-state index contributed by atoms with van der Waals surface area (Å²) in [7, 11) is 1.59. The number of methoxy groups -OCH3 is 1. The number of benzene rings is 1. The van der Waals surface area contributed by atoms with Crippen molar-refractivity contribution in [3.63, 3.8) is 0 Å². The van der Waals surface area contributed by atoms with Crippen LogP contribution in [0.15, 0.2) is 40.8 Å². The summed E-state index contributed by atoms with van der Waals surface area (Å²) < 4.78 is 15.9. The van der Waals surface area contributed by atoms with E-state index >= 15 is 0 Å². The molecule has 0 aliphatic rings. The van der Waals surface area contributed by atoms with Gasteiger partial charge in [0.15, 0.2) is 0 Å². The van der Waals surface area contributed by atoms with E-state index < -0.39 is 23.7 Å². The minimum atomic E-state index is -1.17. The Labute approximate surface area is 151 Å². The maximum Gasteiger partial charge on any atom is 0.408 e. The summed E-state index contributed by atoms with van der Waals surface area (Å²) in [5.41, 5.74) is 0.128. The molecule has 1 heterocycles. The van der Waals surface area contributed by atoms with Crippen molar-refractivity contribution in [2.24, 2.45) is 0 Å². The Hall–Kier alpha value is -2.96. The third-order valence-electron chi connectivity index (χ3n) is 3.43. The second-order valence-corrected chi connectivity index (χ2v) is 6.74. The van der Waals surface area contributed by atoms with Crippen LogP contribution in [-0.2, 0) is 16.0 Å². The maximum atomic E-state index is 11.8. The molecule has 1 atom stereocenters. The van der Waals surface area contributed by atoms with Crippen LogP contribution in [0, 0.1) is 0 Å². The topological polar surface area (TPSA) is 98.0 Å². The number of ether oxygens (including phenoxy) is 2. The van der Waals surface area contributed by atoms with Crippen molar-refractivity contribution < 1.29 is 28.6 Å². The molecule has 2 rings (SSSR count). The van der Waals surface area contributed by atoms with Gasteiger partial charge in [0.25, 0.3) is 0 Å². The number of aliphatic carboxylic acids is 1. The van der Waals surface area contributed by atoms with Crippen molar-refractivity contribution in [2.45, 2.75) is 38.8 Å². The zero-order valence-electron chi connectivity index (χ0n) is 15.2. The normalized spacial score (nSPS) is 12.3. The average molecular weight is 361 g/mol. The summed E-state index contributed by atoms with van der Waals surface area (Å²) in [5.74, 6) is 0.606. The molecule has 1 unspecified atom stereocenters. The highest BCUT2D eigenvalue weighted by Gasteiger charge is 2.25. The van der Waals surface area contributed by atoms with E-state index in [0.29, 0.717) is 11.5 Å². The zero-order valence-corrected chi connectivity index (χ0v) is 15.2. The van der Waals surface area contributed by atoms with Gasteiger partial charge in [-0.2, -0.15) is 0 Å². The van der Waals surface area contributed by atoms with Crippen LogP contribution in [0.4, 0.5) is 4.79 Å². The van der Waals surface area contributed by atoms with Gasteiger partial charge in [0.2, 0.25) is 0 Å². The molecule has 1 aromatic heterocycles. The van der Waals surface area contributed by atoms with E-state index in [0.717, 1.165) is 11.3 Å². The second-order valence-electron chi connectivity index (χ2n) is 6.74. The number of amides is 1. The first-order chi connectivity index (χ1) is 12.2. The van der Waals surface area contributed by atoms with Crippen LogP contribution < -0.4 is 10.1 Å². The van der Waals surface area contributed by atoms with E-state index in [1.54, 1.807) is 40.0 Å². The van der Waals surface area contributed by atoms with E-state index in [1.807, 2.05) is 24.3 Å². The van der Waals surface area contributed by atoms with Crippen LogP contribution in [0.5, 0.6) is 5.75 Å². The van der Waals surface area contributed by atoms with Gasteiger partial charge in [-0.3, -0.25) is 0 Å². The minimum absolute atomic E-state index is 0.00469. The quantitative estimate of drug-likeness (QED) is 0.817. The molecular formula is C19H23NO6. The number of rotatable bonds is 6. The molecule has 0 bridgehead atoms. The molecule has 1 amide bonds. The average Bonchev–Trinajstić information content (AvgIpc) is 3.01. The van der Waals surface area contributed by atoms with Crippen LogP contribution in [0.1, 0.15) is 26.5 Å². The van der Waals surface area contributed by atoms with Crippen molar-refractivity contribution in [1.29, 1.82) is 0 Å². The number of carbonyl (C=O) groups excluding carboxylic acids is 1. The molecule has 7 nitrogen and oxygen atoms in total. The molecule has 0 aliphatic carbocycles. The van der Waals surface area contributed by atoms with Gasteiger partial charge in [-0.05, 0) is 57.2 Å². The first-order valence-electron chi connectivity index (χ1n) is 8.13. The van der Waals surface area contributed by atoms with Gasteiger partial charge in [-0.1, -0.05) is 0 Å². The fourth-order valence-corrected chi connectivity index (χ4v) is 2.25. The lowest BCUT2D eigenvalue weighted by molar-refractivity contribution is -0.139. The Kier molecular flexibility index (Phi) is 5.92. The van der Waals surface area contributed by atoms with Gasteiger partial charge in [0.05, 0.1) is 7.11 Å². The van der Waals surface area contributed by atoms with Gasteiger partial charge < -0.3 is 24.3 Å². The van der Waals surface area contributed by atoms with Gasteiger partial charge in [-0.15, -0.1) is 0 Å². The highest BCUT2D eigenvalue weighted by Crippen LogP contribution is 2.25. The largest absolute Gasteiger partial charge is 0.497 e. The van der Waals surface area contributed by atoms with Gasteiger partial charge in [0, 0.05) is 12.0 Å². The molecule has 0 radical (unpaired) electrons. The van der Waals surface area contributed by atoms with E-state index in [-0.39, 0.29) is 6.42 Å². The van der Waals surface area contributed by atoms with Crippen molar-refractivity contribution >= 4 is 12.1 Å². The van der Waals surface area contributed by atoms with Crippen LogP contribution >= 0.6 is 0 Å². The SMILES string of the molecule is COc1ccc(-c2ccc(CC(NC(=O)OC(C)(C)C)C(=O)O)o2)cc1. The molecule has 140 valence electrons. The summed E-state index contributed by atoms with van der Waals surface area (Å²) in [6.07, 6.45) is -0.781. The van der Waals surface area contributed by atoms with Crippen LogP contribution in [0.2, 0.25) is 0 Å². The number of furan rings is 1. The second kappa shape index (κ2) is 7.95. The van der Waals surface area contributed by atoms with Gasteiger partial charge in [-0.25, -0.2) is 9.59 Å². The lowest BCUT2D eigenvalue weighted by atomic mass is 10.1. The molecule has 1 aromatic carbocycles. The molecule has 2 N–H and O–H groups in total. The standard InChI is InChI=1S/C19H23NO6/c1-19(2,3)26-18(23)20-15(17(21)22)11-14-9-10-16(25-14)12-5-7-13(24-4)8-6-12/h5-10,15H,11H2,1-4H3,(H,20,23)(H,21,22). The molecular weight excluding hydrogens is 338 g/mol. The zero-order chi connectivity index (χ0) is 19.3.